The fraction of sp³-hybridized carbons (Fsp3) is 0. The van der Waals surface area contributed by atoms with Crippen molar-refractivity contribution in [2.24, 2.45) is 0 Å². The molecule has 2 aromatic carbocycles. The number of anilines is 1. The Labute approximate surface area is 145 Å². The van der Waals surface area contributed by atoms with Crippen LogP contribution in [0.25, 0.3) is 0 Å². The zero-order valence-corrected chi connectivity index (χ0v) is 14.9. The zero-order valence-electron chi connectivity index (χ0n) is 9.70. The molecule has 0 atom stereocenters. The first-order valence-electron chi connectivity index (χ1n) is 5.22. The van der Waals surface area contributed by atoms with Crippen molar-refractivity contribution in [3.63, 3.8) is 0 Å². The first-order chi connectivity index (χ1) is 9.28. The average Bonchev–Trinajstić information content (AvgIpc) is 2.31. The summed E-state index contributed by atoms with van der Waals surface area (Å²) in [6.07, 6.45) is 0. The Morgan fingerprint density at radius 3 is 2.10 bits per heavy atom. The topological polar surface area (TPSA) is 46.2 Å². The number of sulfonamides is 1. The van der Waals surface area contributed by atoms with E-state index in [-0.39, 0.29) is 14.9 Å². The van der Waals surface area contributed by atoms with Crippen LogP contribution < -0.4 is 4.72 Å². The van der Waals surface area contributed by atoms with Crippen molar-refractivity contribution in [3.8, 4) is 0 Å². The lowest BCUT2D eigenvalue weighted by Crippen LogP contribution is -2.13. The van der Waals surface area contributed by atoms with Crippen molar-refractivity contribution in [2.45, 2.75) is 4.90 Å². The molecule has 3 nitrogen and oxygen atoms in total. The maximum atomic E-state index is 12.3. The van der Waals surface area contributed by atoms with Crippen LogP contribution >= 0.6 is 57.4 Å². The molecule has 2 rings (SSSR count). The molecule has 0 aliphatic heterocycles. The largest absolute Gasteiger partial charge is 0.278 e. The highest BCUT2D eigenvalue weighted by Crippen LogP contribution is 2.28. The standard InChI is InChI=1S/C12H7Cl3INO2S/c13-7-3-8(14)5-10(4-7)20(18,19)17-12-2-1-9(16)6-11(12)15/h1-6,17H. The van der Waals surface area contributed by atoms with Crippen LogP contribution in [0, 0.1) is 3.57 Å². The normalized spacial score (nSPS) is 11.4. The first-order valence-corrected chi connectivity index (χ1v) is 8.91. The maximum absolute atomic E-state index is 12.3. The molecule has 0 heterocycles. The van der Waals surface area contributed by atoms with Crippen molar-refractivity contribution in [3.05, 3.63) is 55.0 Å². The fourth-order valence-electron chi connectivity index (χ4n) is 1.46. The number of nitrogens with one attached hydrogen (secondary N) is 1. The Morgan fingerprint density at radius 1 is 0.950 bits per heavy atom. The lowest BCUT2D eigenvalue weighted by molar-refractivity contribution is 0.601. The van der Waals surface area contributed by atoms with E-state index in [1.165, 1.54) is 18.2 Å². The second-order valence-corrected chi connectivity index (χ2v) is 8.04. The fourth-order valence-corrected chi connectivity index (χ4v) is 4.22. The van der Waals surface area contributed by atoms with Crippen molar-refractivity contribution < 1.29 is 8.42 Å². The van der Waals surface area contributed by atoms with Gasteiger partial charge in [-0.25, -0.2) is 8.42 Å². The molecule has 0 bridgehead atoms. The van der Waals surface area contributed by atoms with E-state index in [0.29, 0.717) is 10.7 Å². The quantitative estimate of drug-likeness (QED) is 0.649. The Kier molecular flexibility index (Phi) is 5.07. The Balaban J connectivity index is 2.40. The Morgan fingerprint density at radius 2 is 1.55 bits per heavy atom. The second-order valence-electron chi connectivity index (χ2n) is 3.83. The van der Waals surface area contributed by atoms with Gasteiger partial charge in [0.2, 0.25) is 0 Å². The van der Waals surface area contributed by atoms with Crippen LogP contribution in [0.1, 0.15) is 0 Å². The highest BCUT2D eigenvalue weighted by atomic mass is 127. The molecule has 8 heteroatoms. The molecule has 20 heavy (non-hydrogen) atoms. The summed E-state index contributed by atoms with van der Waals surface area (Å²) in [4.78, 5) is -0.0235. The summed E-state index contributed by atoms with van der Waals surface area (Å²) in [6.45, 7) is 0. The van der Waals surface area contributed by atoms with Gasteiger partial charge in [-0.05, 0) is 59.0 Å². The molecule has 0 saturated heterocycles. The summed E-state index contributed by atoms with van der Waals surface area (Å²) in [6, 6.07) is 9.08. The summed E-state index contributed by atoms with van der Waals surface area (Å²) >= 11 is 19.7. The van der Waals surface area contributed by atoms with Gasteiger partial charge in [0.1, 0.15) is 0 Å². The summed E-state index contributed by atoms with van der Waals surface area (Å²) in [5.41, 5.74) is 0.295. The van der Waals surface area contributed by atoms with Crippen molar-refractivity contribution >= 4 is 73.1 Å². The molecule has 0 fully saturated rings. The molecule has 0 amide bonds. The van der Waals surface area contributed by atoms with Crippen LogP contribution in [0.4, 0.5) is 5.69 Å². The third-order valence-electron chi connectivity index (χ3n) is 2.32. The van der Waals surface area contributed by atoms with E-state index in [1.807, 2.05) is 0 Å². The molecule has 0 spiro atoms. The van der Waals surface area contributed by atoms with Crippen LogP contribution in [0.15, 0.2) is 41.3 Å². The minimum absolute atomic E-state index is 0.0235. The van der Waals surface area contributed by atoms with Crippen LogP contribution in [0.5, 0.6) is 0 Å². The third kappa shape index (κ3) is 3.92. The van der Waals surface area contributed by atoms with Crippen molar-refractivity contribution in [1.82, 2.24) is 0 Å². The van der Waals surface area contributed by atoms with Gasteiger partial charge in [0.25, 0.3) is 10.0 Å². The van der Waals surface area contributed by atoms with E-state index in [4.69, 9.17) is 34.8 Å². The van der Waals surface area contributed by atoms with Crippen LogP contribution in [0.2, 0.25) is 15.1 Å². The third-order valence-corrected chi connectivity index (χ3v) is 5.09. The van der Waals surface area contributed by atoms with Crippen molar-refractivity contribution in [1.29, 1.82) is 0 Å². The number of benzene rings is 2. The molecule has 0 aliphatic carbocycles. The van der Waals surface area contributed by atoms with E-state index in [0.717, 1.165) is 3.57 Å². The van der Waals surface area contributed by atoms with Crippen LogP contribution in [0.3, 0.4) is 0 Å². The Bertz CT molecular complexity index is 745. The molecule has 2 aromatic rings. The van der Waals surface area contributed by atoms with E-state index in [9.17, 15) is 8.42 Å². The van der Waals surface area contributed by atoms with Gasteiger partial charge in [-0.3, -0.25) is 4.72 Å². The number of rotatable bonds is 3. The molecular weight excluding hydrogens is 455 g/mol. The van der Waals surface area contributed by atoms with Crippen molar-refractivity contribution in [2.75, 3.05) is 4.72 Å². The van der Waals surface area contributed by atoms with E-state index in [2.05, 4.69) is 27.3 Å². The first kappa shape index (κ1) is 16.2. The monoisotopic (exact) mass is 461 g/mol. The molecule has 0 aromatic heterocycles. The highest BCUT2D eigenvalue weighted by molar-refractivity contribution is 14.1. The van der Waals surface area contributed by atoms with Gasteiger partial charge in [-0.15, -0.1) is 0 Å². The lowest BCUT2D eigenvalue weighted by Gasteiger charge is -2.10. The minimum Gasteiger partial charge on any atom is -0.278 e. The second kappa shape index (κ2) is 6.27. The van der Waals surface area contributed by atoms with Gasteiger partial charge in [0.05, 0.1) is 15.6 Å². The summed E-state index contributed by atoms with van der Waals surface area (Å²) in [7, 11) is -3.80. The lowest BCUT2D eigenvalue weighted by atomic mass is 10.3. The minimum atomic E-state index is -3.80. The van der Waals surface area contributed by atoms with Gasteiger partial charge >= 0.3 is 0 Å². The van der Waals surface area contributed by atoms with E-state index < -0.39 is 10.0 Å². The molecule has 106 valence electrons. The zero-order chi connectivity index (χ0) is 14.9. The predicted molar refractivity (Wildman–Crippen MR) is 91.4 cm³/mol. The SMILES string of the molecule is O=S(=O)(Nc1ccc(I)cc1Cl)c1cc(Cl)cc(Cl)c1. The Hall–Kier alpha value is -0.210. The van der Waals surface area contributed by atoms with E-state index in [1.54, 1.807) is 18.2 Å². The van der Waals surface area contributed by atoms with Gasteiger partial charge in [0.15, 0.2) is 0 Å². The van der Waals surface area contributed by atoms with Crippen LogP contribution in [-0.4, -0.2) is 8.42 Å². The number of hydrogen-bond donors (Lipinski definition) is 1. The summed E-state index contributed by atoms with van der Waals surface area (Å²) in [5, 5.41) is 0.798. The van der Waals surface area contributed by atoms with Gasteiger partial charge < -0.3 is 0 Å². The number of halogens is 4. The molecular formula is C12H7Cl3INO2S. The molecule has 0 radical (unpaired) electrons. The van der Waals surface area contributed by atoms with Crippen LogP contribution in [-0.2, 0) is 10.0 Å². The number of hydrogen-bond acceptors (Lipinski definition) is 2. The van der Waals surface area contributed by atoms with Gasteiger partial charge in [-0.1, -0.05) is 34.8 Å². The smallest absolute Gasteiger partial charge is 0.262 e. The summed E-state index contributed by atoms with van der Waals surface area (Å²) < 4.78 is 27.8. The molecule has 0 saturated carbocycles. The molecule has 0 unspecified atom stereocenters. The average molecular weight is 463 g/mol. The van der Waals surface area contributed by atoms with Gasteiger partial charge in [0, 0.05) is 13.6 Å². The predicted octanol–water partition coefficient (Wildman–Crippen LogP) is 5.05. The highest BCUT2D eigenvalue weighted by Gasteiger charge is 2.17. The molecule has 1 N–H and O–H groups in total. The summed E-state index contributed by atoms with van der Waals surface area (Å²) in [5.74, 6) is 0. The molecule has 0 aliphatic rings. The van der Waals surface area contributed by atoms with E-state index >= 15 is 0 Å². The van der Waals surface area contributed by atoms with Gasteiger partial charge in [-0.2, -0.15) is 0 Å². The maximum Gasteiger partial charge on any atom is 0.262 e.